The van der Waals surface area contributed by atoms with Crippen molar-refractivity contribution < 1.29 is 4.79 Å². The summed E-state index contributed by atoms with van der Waals surface area (Å²) in [6, 6.07) is 5.51. The maximum atomic E-state index is 12.2. The van der Waals surface area contributed by atoms with Gasteiger partial charge in [-0.1, -0.05) is 24.1 Å². The van der Waals surface area contributed by atoms with Crippen molar-refractivity contribution >= 4 is 29.2 Å². The van der Waals surface area contributed by atoms with Crippen molar-refractivity contribution in [3.05, 3.63) is 28.8 Å². The summed E-state index contributed by atoms with van der Waals surface area (Å²) in [5, 5.41) is 10.0. The number of halogens is 1. The van der Waals surface area contributed by atoms with Gasteiger partial charge in [0.05, 0.1) is 6.54 Å². The van der Waals surface area contributed by atoms with Crippen LogP contribution in [0.15, 0.2) is 23.2 Å². The Balaban J connectivity index is 1.73. The van der Waals surface area contributed by atoms with Gasteiger partial charge >= 0.3 is 0 Å². The minimum atomic E-state index is -0.0444. The van der Waals surface area contributed by atoms with E-state index in [0.717, 1.165) is 36.8 Å². The largest absolute Gasteiger partial charge is 0.357 e. The number of nitrogens with zero attached hydrogens (tertiary/aromatic N) is 2. The zero-order valence-corrected chi connectivity index (χ0v) is 17.2. The molecule has 1 saturated heterocycles. The molecule has 27 heavy (non-hydrogen) atoms. The molecular weight excluding hydrogens is 362 g/mol. The molecule has 1 amide bonds. The van der Waals surface area contributed by atoms with E-state index in [1.54, 1.807) is 0 Å². The Morgan fingerprint density at radius 1 is 1.22 bits per heavy atom. The number of benzene rings is 1. The van der Waals surface area contributed by atoms with Crippen molar-refractivity contribution in [3.8, 4) is 0 Å². The van der Waals surface area contributed by atoms with Crippen LogP contribution in [0.3, 0.4) is 0 Å². The Morgan fingerprint density at radius 3 is 2.74 bits per heavy atom. The molecule has 0 spiro atoms. The Labute approximate surface area is 167 Å². The Bertz CT molecular complexity index is 629. The molecule has 0 atom stereocenters. The molecule has 3 N–H and O–H groups in total. The molecule has 1 fully saturated rings. The fraction of sp³-hybridized carbons (Fsp3) is 0.600. The van der Waals surface area contributed by atoms with Crippen LogP contribution in [0, 0.1) is 6.92 Å². The smallest absolute Gasteiger partial charge is 0.226 e. The number of hydrogen-bond acceptors (Lipinski definition) is 3. The molecule has 0 unspecified atom stereocenters. The number of anilines is 1. The summed E-state index contributed by atoms with van der Waals surface area (Å²) in [5.41, 5.74) is 1.64. The second-order valence-corrected chi connectivity index (χ2v) is 7.21. The molecule has 1 aromatic carbocycles. The van der Waals surface area contributed by atoms with Gasteiger partial charge in [0.2, 0.25) is 5.91 Å². The van der Waals surface area contributed by atoms with E-state index in [1.807, 2.05) is 32.0 Å². The Kier molecular flexibility index (Phi) is 9.42. The number of nitrogens with one attached hydrogen (secondary N) is 3. The Morgan fingerprint density at radius 2 is 2.00 bits per heavy atom. The SMILES string of the molecule is CCNC(=NCCN1CCCCC1)NCCC(=O)Nc1cccc(Cl)c1C. The molecule has 150 valence electrons. The van der Waals surface area contributed by atoms with Crippen LogP contribution in [-0.4, -0.2) is 56.0 Å². The van der Waals surface area contributed by atoms with Gasteiger partial charge in [-0.2, -0.15) is 0 Å². The number of guanidine groups is 1. The maximum Gasteiger partial charge on any atom is 0.226 e. The number of hydrogen-bond donors (Lipinski definition) is 3. The van der Waals surface area contributed by atoms with Crippen molar-refractivity contribution in [2.75, 3.05) is 44.6 Å². The third-order valence-corrected chi connectivity index (χ3v) is 5.07. The van der Waals surface area contributed by atoms with Gasteiger partial charge in [0.25, 0.3) is 0 Å². The van der Waals surface area contributed by atoms with Gasteiger partial charge in [0, 0.05) is 36.8 Å². The first-order chi connectivity index (χ1) is 13.1. The molecule has 2 rings (SSSR count). The molecule has 0 bridgehead atoms. The zero-order chi connectivity index (χ0) is 19.5. The van der Waals surface area contributed by atoms with Gasteiger partial charge < -0.3 is 20.9 Å². The van der Waals surface area contributed by atoms with E-state index in [0.29, 0.717) is 18.0 Å². The summed E-state index contributed by atoms with van der Waals surface area (Å²) in [4.78, 5) is 19.3. The molecule has 1 heterocycles. The topological polar surface area (TPSA) is 68.8 Å². The lowest BCUT2D eigenvalue weighted by Gasteiger charge is -2.25. The number of amides is 1. The third-order valence-electron chi connectivity index (χ3n) is 4.67. The predicted octanol–water partition coefficient (Wildman–Crippen LogP) is 3.02. The normalized spacial score (nSPS) is 15.4. The van der Waals surface area contributed by atoms with Crippen LogP contribution in [0.4, 0.5) is 5.69 Å². The monoisotopic (exact) mass is 393 g/mol. The van der Waals surface area contributed by atoms with Crippen LogP contribution < -0.4 is 16.0 Å². The molecule has 0 radical (unpaired) electrons. The summed E-state index contributed by atoms with van der Waals surface area (Å²) in [5.74, 6) is 0.721. The highest BCUT2D eigenvalue weighted by molar-refractivity contribution is 6.31. The summed E-state index contributed by atoms with van der Waals surface area (Å²) >= 11 is 6.09. The van der Waals surface area contributed by atoms with E-state index in [4.69, 9.17) is 11.6 Å². The van der Waals surface area contributed by atoms with Crippen LogP contribution >= 0.6 is 11.6 Å². The van der Waals surface area contributed by atoms with Crippen molar-refractivity contribution in [1.29, 1.82) is 0 Å². The van der Waals surface area contributed by atoms with Crippen LogP contribution in [0.1, 0.15) is 38.2 Å². The van der Waals surface area contributed by atoms with E-state index in [1.165, 1.54) is 32.4 Å². The van der Waals surface area contributed by atoms with E-state index in [2.05, 4.69) is 25.8 Å². The highest BCUT2D eigenvalue weighted by Crippen LogP contribution is 2.22. The molecule has 1 aliphatic rings. The molecule has 1 aliphatic heterocycles. The number of aliphatic imine (C=N–C) groups is 1. The van der Waals surface area contributed by atoms with Crippen molar-refractivity contribution in [2.24, 2.45) is 4.99 Å². The highest BCUT2D eigenvalue weighted by Gasteiger charge is 2.09. The average Bonchev–Trinajstić information content (AvgIpc) is 2.66. The van der Waals surface area contributed by atoms with E-state index < -0.39 is 0 Å². The van der Waals surface area contributed by atoms with Gasteiger partial charge in [-0.25, -0.2) is 0 Å². The van der Waals surface area contributed by atoms with E-state index in [-0.39, 0.29) is 5.91 Å². The average molecular weight is 394 g/mol. The first-order valence-electron chi connectivity index (χ1n) is 9.89. The molecule has 0 saturated carbocycles. The standard InChI is InChI=1S/C20H32ClN5O/c1-3-22-20(24-12-15-26-13-5-4-6-14-26)23-11-10-19(27)25-18-9-7-8-17(21)16(18)2/h7-9H,3-6,10-15H2,1-2H3,(H,25,27)(H2,22,23,24). The lowest BCUT2D eigenvalue weighted by Crippen LogP contribution is -2.39. The van der Waals surface area contributed by atoms with E-state index in [9.17, 15) is 4.79 Å². The van der Waals surface area contributed by atoms with Gasteiger partial charge in [0.15, 0.2) is 5.96 Å². The first-order valence-corrected chi connectivity index (χ1v) is 10.3. The number of carbonyl (C=O) groups is 1. The first kappa shape index (κ1) is 21.5. The Hall–Kier alpha value is -1.79. The molecule has 0 aromatic heterocycles. The highest BCUT2D eigenvalue weighted by atomic mass is 35.5. The minimum Gasteiger partial charge on any atom is -0.357 e. The second kappa shape index (κ2) is 11.8. The summed E-state index contributed by atoms with van der Waals surface area (Å²) < 4.78 is 0. The molecule has 7 heteroatoms. The van der Waals surface area contributed by atoms with Gasteiger partial charge in [-0.05, 0) is 57.5 Å². The lowest BCUT2D eigenvalue weighted by atomic mass is 10.1. The van der Waals surface area contributed by atoms with Crippen molar-refractivity contribution in [1.82, 2.24) is 15.5 Å². The zero-order valence-electron chi connectivity index (χ0n) is 16.5. The van der Waals surface area contributed by atoms with Crippen LogP contribution in [0.25, 0.3) is 0 Å². The number of likely N-dealkylation sites (tertiary alicyclic amines) is 1. The second-order valence-electron chi connectivity index (χ2n) is 6.80. The number of carbonyl (C=O) groups excluding carboxylic acids is 1. The number of rotatable bonds is 8. The molecule has 0 aliphatic carbocycles. The van der Waals surface area contributed by atoms with E-state index >= 15 is 0 Å². The quantitative estimate of drug-likeness (QED) is 0.469. The fourth-order valence-electron chi connectivity index (χ4n) is 3.08. The predicted molar refractivity (Wildman–Crippen MR) is 114 cm³/mol. The minimum absolute atomic E-state index is 0.0444. The summed E-state index contributed by atoms with van der Waals surface area (Å²) in [6.07, 6.45) is 4.30. The van der Waals surface area contributed by atoms with Crippen LogP contribution in [-0.2, 0) is 4.79 Å². The van der Waals surface area contributed by atoms with Gasteiger partial charge in [-0.15, -0.1) is 0 Å². The van der Waals surface area contributed by atoms with Crippen molar-refractivity contribution in [2.45, 2.75) is 39.5 Å². The summed E-state index contributed by atoms with van der Waals surface area (Å²) in [6.45, 7) is 9.38. The lowest BCUT2D eigenvalue weighted by molar-refractivity contribution is -0.116. The summed E-state index contributed by atoms with van der Waals surface area (Å²) in [7, 11) is 0. The van der Waals surface area contributed by atoms with Crippen LogP contribution in [0.2, 0.25) is 5.02 Å². The van der Waals surface area contributed by atoms with Crippen LogP contribution in [0.5, 0.6) is 0 Å². The molecule has 6 nitrogen and oxygen atoms in total. The van der Waals surface area contributed by atoms with Crippen molar-refractivity contribution in [3.63, 3.8) is 0 Å². The molecule has 1 aromatic rings. The van der Waals surface area contributed by atoms with Gasteiger partial charge in [-0.3, -0.25) is 9.79 Å². The maximum absolute atomic E-state index is 12.2. The van der Waals surface area contributed by atoms with Gasteiger partial charge in [0.1, 0.15) is 0 Å². The number of piperidine rings is 1. The molecular formula is C20H32ClN5O. The fourth-order valence-corrected chi connectivity index (χ4v) is 3.25. The third kappa shape index (κ3) is 7.77.